The second-order valence-electron chi connectivity index (χ2n) is 5.33. The predicted octanol–water partition coefficient (Wildman–Crippen LogP) is 3.43. The molecule has 0 saturated carbocycles. The molecular weight excluding hydrogens is 394 g/mol. The minimum absolute atomic E-state index is 0.0376. The van der Waals surface area contributed by atoms with E-state index in [9.17, 15) is 8.42 Å². The number of nitrogens with zero attached hydrogens (tertiary/aromatic N) is 1. The minimum Gasteiger partial charge on any atom is -0.493 e. The number of rotatable bonds is 7. The summed E-state index contributed by atoms with van der Waals surface area (Å²) in [5.41, 5.74) is 1.58. The lowest BCUT2D eigenvalue weighted by Gasteiger charge is -2.18. The fourth-order valence-corrected chi connectivity index (χ4v) is 3.68. The third-order valence-corrected chi connectivity index (χ3v) is 5.90. The van der Waals surface area contributed by atoms with Crippen molar-refractivity contribution < 1.29 is 17.9 Å². The Balaban J connectivity index is 2.12. The zero-order chi connectivity index (χ0) is 17.7. The van der Waals surface area contributed by atoms with Gasteiger partial charge < -0.3 is 9.47 Å². The number of hydrogen-bond acceptors (Lipinski definition) is 4. The van der Waals surface area contributed by atoms with Crippen LogP contribution >= 0.6 is 15.9 Å². The Morgan fingerprint density at radius 1 is 0.958 bits per heavy atom. The predicted molar refractivity (Wildman–Crippen MR) is 97.8 cm³/mol. The summed E-state index contributed by atoms with van der Waals surface area (Å²) >= 11 is 3.34. The molecule has 0 unspecified atom stereocenters. The van der Waals surface area contributed by atoms with Crippen LogP contribution in [-0.2, 0) is 22.3 Å². The zero-order valence-electron chi connectivity index (χ0n) is 13.8. The number of benzene rings is 2. The van der Waals surface area contributed by atoms with Gasteiger partial charge in [0.1, 0.15) is 0 Å². The topological polar surface area (TPSA) is 55.8 Å². The van der Waals surface area contributed by atoms with Crippen LogP contribution in [0, 0.1) is 0 Å². The standard InChI is InChI=1S/C17H20BrNO4S/c1-19(11-14-6-9-16(22-2)17(10-14)23-3)24(20,21)12-13-4-7-15(18)8-5-13/h4-10H,11-12H2,1-3H3. The highest BCUT2D eigenvalue weighted by molar-refractivity contribution is 9.10. The molecule has 24 heavy (non-hydrogen) atoms. The molecule has 0 atom stereocenters. The summed E-state index contributed by atoms with van der Waals surface area (Å²) in [5, 5.41) is 0. The first-order valence-electron chi connectivity index (χ1n) is 7.25. The first-order valence-corrected chi connectivity index (χ1v) is 9.65. The lowest BCUT2D eigenvalue weighted by atomic mass is 10.2. The monoisotopic (exact) mass is 413 g/mol. The molecule has 2 aromatic carbocycles. The quantitative estimate of drug-likeness (QED) is 0.697. The van der Waals surface area contributed by atoms with Gasteiger partial charge in [0.05, 0.1) is 20.0 Å². The van der Waals surface area contributed by atoms with Crippen molar-refractivity contribution in [3.63, 3.8) is 0 Å². The molecule has 0 amide bonds. The van der Waals surface area contributed by atoms with Crippen LogP contribution in [0.3, 0.4) is 0 Å². The highest BCUT2D eigenvalue weighted by Crippen LogP contribution is 2.28. The molecule has 0 fully saturated rings. The summed E-state index contributed by atoms with van der Waals surface area (Å²) in [6.07, 6.45) is 0. The van der Waals surface area contributed by atoms with Crippen LogP contribution in [0.2, 0.25) is 0 Å². The molecule has 2 aromatic rings. The van der Waals surface area contributed by atoms with E-state index in [0.29, 0.717) is 11.5 Å². The van der Waals surface area contributed by atoms with Crippen LogP contribution in [-0.4, -0.2) is 34.0 Å². The summed E-state index contributed by atoms with van der Waals surface area (Å²) in [5.74, 6) is 1.15. The Kier molecular flexibility index (Phi) is 6.26. The summed E-state index contributed by atoms with van der Waals surface area (Å²) in [6.45, 7) is 0.263. The third-order valence-electron chi connectivity index (χ3n) is 3.59. The molecule has 5 nitrogen and oxygen atoms in total. The zero-order valence-corrected chi connectivity index (χ0v) is 16.2. The van der Waals surface area contributed by atoms with Crippen LogP contribution in [0.5, 0.6) is 11.5 Å². The van der Waals surface area contributed by atoms with Crippen molar-refractivity contribution >= 4 is 26.0 Å². The molecular formula is C17H20BrNO4S. The lowest BCUT2D eigenvalue weighted by Crippen LogP contribution is -2.27. The molecule has 0 aromatic heterocycles. The van der Waals surface area contributed by atoms with Crippen molar-refractivity contribution in [2.45, 2.75) is 12.3 Å². The van der Waals surface area contributed by atoms with Gasteiger partial charge in [-0.3, -0.25) is 0 Å². The van der Waals surface area contributed by atoms with Crippen LogP contribution in [0.4, 0.5) is 0 Å². The average molecular weight is 414 g/mol. The maximum atomic E-state index is 12.5. The number of halogens is 1. The van der Waals surface area contributed by atoms with Crippen molar-refractivity contribution in [3.8, 4) is 11.5 Å². The van der Waals surface area contributed by atoms with Gasteiger partial charge >= 0.3 is 0 Å². The van der Waals surface area contributed by atoms with Crippen molar-refractivity contribution in [2.75, 3.05) is 21.3 Å². The molecule has 0 spiro atoms. The first kappa shape index (κ1) is 18.8. The van der Waals surface area contributed by atoms with E-state index < -0.39 is 10.0 Å². The van der Waals surface area contributed by atoms with Gasteiger partial charge in [0, 0.05) is 18.1 Å². The minimum atomic E-state index is -3.41. The number of hydrogen-bond donors (Lipinski definition) is 0. The summed E-state index contributed by atoms with van der Waals surface area (Å²) in [7, 11) is 1.27. The maximum absolute atomic E-state index is 12.5. The van der Waals surface area contributed by atoms with E-state index in [2.05, 4.69) is 15.9 Å². The Morgan fingerprint density at radius 2 is 1.54 bits per heavy atom. The summed E-state index contributed by atoms with van der Waals surface area (Å²) < 4.78 is 37.8. The Bertz CT molecular complexity index is 791. The molecule has 0 aliphatic heterocycles. The SMILES string of the molecule is COc1ccc(CN(C)S(=O)(=O)Cc2ccc(Br)cc2)cc1OC. The fourth-order valence-electron chi connectivity index (χ4n) is 2.24. The molecule has 2 rings (SSSR count). The number of ether oxygens (including phenoxy) is 2. The van der Waals surface area contributed by atoms with Crippen LogP contribution in [0.15, 0.2) is 46.9 Å². The van der Waals surface area contributed by atoms with Gasteiger partial charge in [-0.05, 0) is 35.4 Å². The Labute approximate surface area is 151 Å². The van der Waals surface area contributed by atoms with E-state index in [-0.39, 0.29) is 12.3 Å². The highest BCUT2D eigenvalue weighted by atomic mass is 79.9. The van der Waals surface area contributed by atoms with Crippen molar-refractivity contribution in [2.24, 2.45) is 0 Å². The molecule has 0 bridgehead atoms. The van der Waals surface area contributed by atoms with E-state index in [1.807, 2.05) is 18.2 Å². The molecule has 0 saturated heterocycles. The van der Waals surface area contributed by atoms with E-state index in [1.165, 1.54) is 4.31 Å². The number of methoxy groups -OCH3 is 2. The lowest BCUT2D eigenvalue weighted by molar-refractivity contribution is 0.354. The van der Waals surface area contributed by atoms with Crippen LogP contribution in [0.25, 0.3) is 0 Å². The Morgan fingerprint density at radius 3 is 2.12 bits per heavy atom. The summed E-state index contributed by atoms with van der Waals surface area (Å²) in [4.78, 5) is 0. The average Bonchev–Trinajstić information content (AvgIpc) is 2.56. The van der Waals surface area contributed by atoms with E-state index >= 15 is 0 Å². The van der Waals surface area contributed by atoms with Crippen LogP contribution < -0.4 is 9.47 Å². The first-order chi connectivity index (χ1) is 11.4. The molecule has 0 aliphatic rings. The largest absolute Gasteiger partial charge is 0.493 e. The molecule has 0 heterocycles. The second-order valence-corrected chi connectivity index (χ2v) is 8.32. The molecule has 0 radical (unpaired) electrons. The third kappa shape index (κ3) is 4.72. The van der Waals surface area contributed by atoms with E-state index in [4.69, 9.17) is 9.47 Å². The van der Waals surface area contributed by atoms with Crippen molar-refractivity contribution in [1.29, 1.82) is 0 Å². The van der Waals surface area contributed by atoms with Gasteiger partial charge in [-0.25, -0.2) is 12.7 Å². The van der Waals surface area contributed by atoms with Gasteiger partial charge in [0.2, 0.25) is 10.0 Å². The molecule has 0 aliphatic carbocycles. The molecule has 130 valence electrons. The Hall–Kier alpha value is -1.57. The fraction of sp³-hybridized carbons (Fsp3) is 0.294. The second kappa shape index (κ2) is 8.00. The maximum Gasteiger partial charge on any atom is 0.218 e. The highest BCUT2D eigenvalue weighted by Gasteiger charge is 2.19. The van der Waals surface area contributed by atoms with Gasteiger partial charge in [-0.2, -0.15) is 0 Å². The molecule has 7 heteroatoms. The number of sulfonamides is 1. The van der Waals surface area contributed by atoms with Crippen molar-refractivity contribution in [1.82, 2.24) is 4.31 Å². The van der Waals surface area contributed by atoms with Gasteiger partial charge in [0.25, 0.3) is 0 Å². The summed E-state index contributed by atoms with van der Waals surface area (Å²) in [6, 6.07) is 12.6. The van der Waals surface area contributed by atoms with Gasteiger partial charge in [0.15, 0.2) is 11.5 Å². The van der Waals surface area contributed by atoms with Crippen LogP contribution in [0.1, 0.15) is 11.1 Å². The normalized spacial score (nSPS) is 11.5. The van der Waals surface area contributed by atoms with Crippen molar-refractivity contribution in [3.05, 3.63) is 58.1 Å². The molecule has 0 N–H and O–H groups in total. The van der Waals surface area contributed by atoms with Gasteiger partial charge in [-0.15, -0.1) is 0 Å². The van der Waals surface area contributed by atoms with E-state index in [0.717, 1.165) is 15.6 Å². The van der Waals surface area contributed by atoms with Gasteiger partial charge in [-0.1, -0.05) is 34.1 Å². The van der Waals surface area contributed by atoms with E-state index in [1.54, 1.807) is 45.5 Å². The smallest absolute Gasteiger partial charge is 0.218 e.